The number of hydrogen-bond donors (Lipinski definition) is 1. The fourth-order valence-corrected chi connectivity index (χ4v) is 2.49. The SMILES string of the molecule is COc1ccc(C2(N)CCC(C)CC2)cc1. The zero-order valence-electron chi connectivity index (χ0n) is 10.2. The monoisotopic (exact) mass is 219 g/mol. The average Bonchev–Trinajstić information content (AvgIpc) is 2.33. The molecule has 0 unspecified atom stereocenters. The zero-order chi connectivity index (χ0) is 11.6. The lowest BCUT2D eigenvalue weighted by Gasteiger charge is -2.36. The van der Waals surface area contributed by atoms with Gasteiger partial charge in [0.05, 0.1) is 7.11 Å². The van der Waals surface area contributed by atoms with E-state index in [0.29, 0.717) is 0 Å². The Hall–Kier alpha value is -1.02. The Morgan fingerprint density at radius 1 is 1.19 bits per heavy atom. The van der Waals surface area contributed by atoms with Crippen molar-refractivity contribution < 1.29 is 4.74 Å². The summed E-state index contributed by atoms with van der Waals surface area (Å²) in [6, 6.07) is 8.22. The van der Waals surface area contributed by atoms with Crippen molar-refractivity contribution in [2.75, 3.05) is 7.11 Å². The minimum Gasteiger partial charge on any atom is -0.497 e. The summed E-state index contributed by atoms with van der Waals surface area (Å²) in [5, 5.41) is 0. The van der Waals surface area contributed by atoms with Crippen LogP contribution in [-0.4, -0.2) is 7.11 Å². The molecule has 0 aromatic heterocycles. The Morgan fingerprint density at radius 3 is 2.25 bits per heavy atom. The predicted octanol–water partition coefficient (Wildman–Crippen LogP) is 3.06. The first-order chi connectivity index (χ1) is 7.64. The van der Waals surface area contributed by atoms with Crippen LogP contribution in [0.3, 0.4) is 0 Å². The molecule has 0 bridgehead atoms. The molecule has 0 radical (unpaired) electrons. The van der Waals surface area contributed by atoms with E-state index in [-0.39, 0.29) is 5.54 Å². The number of ether oxygens (including phenoxy) is 1. The van der Waals surface area contributed by atoms with E-state index in [1.807, 2.05) is 12.1 Å². The summed E-state index contributed by atoms with van der Waals surface area (Å²) in [7, 11) is 1.69. The van der Waals surface area contributed by atoms with Crippen LogP contribution in [0.4, 0.5) is 0 Å². The van der Waals surface area contributed by atoms with Gasteiger partial charge < -0.3 is 10.5 Å². The van der Waals surface area contributed by atoms with E-state index in [9.17, 15) is 0 Å². The topological polar surface area (TPSA) is 35.2 Å². The molecule has 16 heavy (non-hydrogen) atoms. The first-order valence-electron chi connectivity index (χ1n) is 6.07. The van der Waals surface area contributed by atoms with Gasteiger partial charge in [-0.3, -0.25) is 0 Å². The highest BCUT2D eigenvalue weighted by Gasteiger charge is 2.31. The summed E-state index contributed by atoms with van der Waals surface area (Å²) in [4.78, 5) is 0. The number of rotatable bonds is 2. The molecule has 0 heterocycles. The summed E-state index contributed by atoms with van der Waals surface area (Å²) in [6.07, 6.45) is 4.67. The Bertz CT molecular complexity index is 336. The molecule has 2 rings (SSSR count). The third-order valence-corrected chi connectivity index (χ3v) is 3.83. The molecule has 1 fully saturated rings. The molecule has 1 aliphatic rings. The van der Waals surface area contributed by atoms with Gasteiger partial charge in [0.1, 0.15) is 5.75 Å². The number of benzene rings is 1. The summed E-state index contributed by atoms with van der Waals surface area (Å²) in [6.45, 7) is 2.31. The van der Waals surface area contributed by atoms with E-state index in [1.54, 1.807) is 7.11 Å². The Labute approximate surface area is 97.8 Å². The lowest BCUT2D eigenvalue weighted by molar-refractivity contribution is 0.248. The lowest BCUT2D eigenvalue weighted by Crippen LogP contribution is -2.40. The van der Waals surface area contributed by atoms with Gasteiger partial charge in [0.15, 0.2) is 0 Å². The van der Waals surface area contributed by atoms with E-state index in [0.717, 1.165) is 24.5 Å². The molecule has 0 spiro atoms. The van der Waals surface area contributed by atoms with Gasteiger partial charge in [-0.1, -0.05) is 19.1 Å². The number of nitrogens with two attached hydrogens (primary N) is 1. The summed E-state index contributed by atoms with van der Waals surface area (Å²) in [5.74, 6) is 1.73. The molecule has 0 atom stereocenters. The largest absolute Gasteiger partial charge is 0.497 e. The second kappa shape index (κ2) is 4.46. The van der Waals surface area contributed by atoms with E-state index in [4.69, 9.17) is 10.5 Å². The van der Waals surface area contributed by atoms with Crippen molar-refractivity contribution in [1.82, 2.24) is 0 Å². The van der Waals surface area contributed by atoms with Crippen LogP contribution in [0.2, 0.25) is 0 Å². The van der Waals surface area contributed by atoms with E-state index < -0.39 is 0 Å². The average molecular weight is 219 g/mol. The minimum absolute atomic E-state index is 0.112. The summed E-state index contributed by atoms with van der Waals surface area (Å²) in [5.41, 5.74) is 7.63. The lowest BCUT2D eigenvalue weighted by atomic mass is 9.74. The molecule has 0 amide bonds. The van der Waals surface area contributed by atoms with Crippen LogP contribution in [-0.2, 0) is 5.54 Å². The van der Waals surface area contributed by atoms with Crippen LogP contribution in [0.5, 0.6) is 5.75 Å². The molecule has 1 saturated carbocycles. The van der Waals surface area contributed by atoms with Gasteiger partial charge in [-0.2, -0.15) is 0 Å². The molecule has 2 N–H and O–H groups in total. The van der Waals surface area contributed by atoms with Crippen molar-refractivity contribution in [3.05, 3.63) is 29.8 Å². The maximum atomic E-state index is 6.49. The molecule has 1 aliphatic carbocycles. The van der Waals surface area contributed by atoms with Crippen LogP contribution in [0.15, 0.2) is 24.3 Å². The van der Waals surface area contributed by atoms with Crippen molar-refractivity contribution in [1.29, 1.82) is 0 Å². The van der Waals surface area contributed by atoms with Gasteiger partial charge >= 0.3 is 0 Å². The molecule has 1 aromatic carbocycles. The highest BCUT2D eigenvalue weighted by molar-refractivity contribution is 5.32. The van der Waals surface area contributed by atoms with E-state index >= 15 is 0 Å². The molecule has 1 aromatic rings. The van der Waals surface area contributed by atoms with E-state index in [2.05, 4.69) is 19.1 Å². The second-order valence-corrected chi connectivity index (χ2v) is 5.07. The first-order valence-corrected chi connectivity index (χ1v) is 6.07. The Kier molecular flexibility index (Phi) is 3.20. The van der Waals surface area contributed by atoms with Gasteiger partial charge in [-0.05, 0) is 49.3 Å². The highest BCUT2D eigenvalue weighted by atomic mass is 16.5. The van der Waals surface area contributed by atoms with E-state index in [1.165, 1.54) is 18.4 Å². The van der Waals surface area contributed by atoms with Gasteiger partial charge in [0.2, 0.25) is 0 Å². The normalized spacial score (nSPS) is 30.1. The fourth-order valence-electron chi connectivity index (χ4n) is 2.49. The molecular weight excluding hydrogens is 198 g/mol. The van der Waals surface area contributed by atoms with Crippen molar-refractivity contribution in [2.45, 2.75) is 38.1 Å². The number of hydrogen-bond acceptors (Lipinski definition) is 2. The molecular formula is C14H21NO. The smallest absolute Gasteiger partial charge is 0.118 e. The van der Waals surface area contributed by atoms with Crippen molar-refractivity contribution in [3.63, 3.8) is 0 Å². The van der Waals surface area contributed by atoms with Gasteiger partial charge in [-0.15, -0.1) is 0 Å². The third-order valence-electron chi connectivity index (χ3n) is 3.83. The molecule has 2 heteroatoms. The fraction of sp³-hybridized carbons (Fsp3) is 0.571. The molecule has 0 aliphatic heterocycles. The molecule has 2 nitrogen and oxygen atoms in total. The highest BCUT2D eigenvalue weighted by Crippen LogP contribution is 2.37. The van der Waals surface area contributed by atoms with Gasteiger partial charge in [-0.25, -0.2) is 0 Å². The summed E-state index contributed by atoms with van der Waals surface area (Å²) >= 11 is 0. The maximum Gasteiger partial charge on any atom is 0.118 e. The molecule has 0 saturated heterocycles. The Morgan fingerprint density at radius 2 is 1.75 bits per heavy atom. The third kappa shape index (κ3) is 2.22. The van der Waals surface area contributed by atoms with Crippen LogP contribution >= 0.6 is 0 Å². The van der Waals surface area contributed by atoms with Crippen molar-refractivity contribution >= 4 is 0 Å². The van der Waals surface area contributed by atoms with Crippen LogP contribution in [0.1, 0.15) is 38.2 Å². The number of methoxy groups -OCH3 is 1. The van der Waals surface area contributed by atoms with Crippen LogP contribution in [0, 0.1) is 5.92 Å². The summed E-state index contributed by atoms with van der Waals surface area (Å²) < 4.78 is 5.17. The zero-order valence-corrected chi connectivity index (χ0v) is 10.2. The maximum absolute atomic E-state index is 6.49. The standard InChI is InChI=1S/C14H21NO/c1-11-7-9-14(15,10-8-11)12-3-5-13(16-2)6-4-12/h3-6,11H,7-10,15H2,1-2H3. The molecule has 88 valence electrons. The van der Waals surface area contributed by atoms with Crippen molar-refractivity contribution in [3.8, 4) is 5.75 Å². The second-order valence-electron chi connectivity index (χ2n) is 5.07. The minimum atomic E-state index is -0.112. The van der Waals surface area contributed by atoms with Gasteiger partial charge in [0.25, 0.3) is 0 Å². The quantitative estimate of drug-likeness (QED) is 0.829. The first kappa shape index (κ1) is 11.5. The Balaban J connectivity index is 2.16. The van der Waals surface area contributed by atoms with Crippen LogP contribution < -0.4 is 10.5 Å². The van der Waals surface area contributed by atoms with Crippen LogP contribution in [0.25, 0.3) is 0 Å². The van der Waals surface area contributed by atoms with Gasteiger partial charge in [0, 0.05) is 5.54 Å². The predicted molar refractivity (Wildman–Crippen MR) is 66.5 cm³/mol. The van der Waals surface area contributed by atoms with Crippen molar-refractivity contribution in [2.24, 2.45) is 11.7 Å².